The predicted octanol–water partition coefficient (Wildman–Crippen LogP) is 1.62. The number of hydrogen-bond donors (Lipinski definition) is 1. The molecule has 0 radical (unpaired) electrons. The van der Waals surface area contributed by atoms with Crippen LogP contribution in [0.1, 0.15) is 0 Å². The molecule has 84 valence electrons. The molecule has 0 saturated heterocycles. The normalized spacial score (nSPS) is 10.6. The van der Waals surface area contributed by atoms with E-state index < -0.39 is 0 Å². The Morgan fingerprint density at radius 3 is 3.00 bits per heavy atom. The molecule has 2 rings (SSSR count). The minimum atomic E-state index is 0.451. The van der Waals surface area contributed by atoms with Crippen molar-refractivity contribution in [2.24, 2.45) is 0 Å². The van der Waals surface area contributed by atoms with E-state index in [0.29, 0.717) is 19.2 Å². The number of hydrogen-bond acceptors (Lipinski definition) is 5. The first-order valence-corrected chi connectivity index (χ1v) is 4.98. The fourth-order valence-corrected chi connectivity index (χ4v) is 1.26. The molecule has 0 fully saturated rings. The van der Waals surface area contributed by atoms with Crippen molar-refractivity contribution in [1.29, 1.82) is 0 Å². The predicted molar refractivity (Wildman–Crippen MR) is 61.0 cm³/mol. The molecule has 0 aliphatic heterocycles. The van der Waals surface area contributed by atoms with Crippen LogP contribution in [0.4, 0.5) is 5.95 Å². The van der Waals surface area contributed by atoms with Gasteiger partial charge in [0.15, 0.2) is 0 Å². The van der Waals surface area contributed by atoms with Gasteiger partial charge in [0.1, 0.15) is 0 Å². The summed E-state index contributed by atoms with van der Waals surface area (Å²) in [5.74, 6) is 0.454. The van der Waals surface area contributed by atoms with Crippen LogP contribution < -0.4 is 5.48 Å². The SMILES string of the molecule is COCCONc1ncc2ccccc2n1. The topological polar surface area (TPSA) is 56.3 Å². The number of benzene rings is 1. The minimum absolute atomic E-state index is 0.451. The van der Waals surface area contributed by atoms with Crippen LogP contribution >= 0.6 is 0 Å². The molecule has 5 nitrogen and oxygen atoms in total. The summed E-state index contributed by atoms with van der Waals surface area (Å²) in [5, 5.41) is 1.00. The van der Waals surface area contributed by atoms with E-state index in [0.717, 1.165) is 10.9 Å². The number of ether oxygens (including phenoxy) is 1. The van der Waals surface area contributed by atoms with Gasteiger partial charge in [-0.3, -0.25) is 4.84 Å². The summed E-state index contributed by atoms with van der Waals surface area (Å²) in [7, 11) is 1.62. The number of nitrogens with zero attached hydrogens (tertiary/aromatic N) is 2. The molecule has 0 aliphatic carbocycles. The summed E-state index contributed by atoms with van der Waals surface area (Å²) in [6.45, 7) is 0.979. The van der Waals surface area contributed by atoms with E-state index in [1.54, 1.807) is 13.3 Å². The standard InChI is InChI=1S/C11H13N3O2/c1-15-6-7-16-14-11-12-8-9-4-2-3-5-10(9)13-11/h2-5,8H,6-7H2,1H3,(H,12,13,14). The van der Waals surface area contributed by atoms with Crippen molar-refractivity contribution in [3.05, 3.63) is 30.5 Å². The zero-order valence-electron chi connectivity index (χ0n) is 9.01. The van der Waals surface area contributed by atoms with Crippen molar-refractivity contribution in [3.63, 3.8) is 0 Å². The molecular formula is C11H13N3O2. The van der Waals surface area contributed by atoms with E-state index in [1.807, 2.05) is 24.3 Å². The Morgan fingerprint density at radius 1 is 1.25 bits per heavy atom. The van der Waals surface area contributed by atoms with Gasteiger partial charge in [-0.25, -0.2) is 15.4 Å². The second-order valence-corrected chi connectivity index (χ2v) is 3.20. The molecule has 0 bridgehead atoms. The van der Waals surface area contributed by atoms with Crippen LogP contribution in [0.25, 0.3) is 10.9 Å². The van der Waals surface area contributed by atoms with Crippen LogP contribution in [-0.2, 0) is 9.57 Å². The largest absolute Gasteiger partial charge is 0.382 e. The lowest BCUT2D eigenvalue weighted by atomic mass is 10.2. The molecule has 2 aromatic rings. The fourth-order valence-electron chi connectivity index (χ4n) is 1.26. The molecule has 0 amide bonds. The van der Waals surface area contributed by atoms with Gasteiger partial charge in [-0.15, -0.1) is 0 Å². The van der Waals surface area contributed by atoms with Gasteiger partial charge in [0, 0.05) is 18.7 Å². The van der Waals surface area contributed by atoms with Crippen molar-refractivity contribution < 1.29 is 9.57 Å². The highest BCUT2D eigenvalue weighted by atomic mass is 16.7. The Labute approximate surface area is 93.4 Å². The number of anilines is 1. The van der Waals surface area contributed by atoms with Gasteiger partial charge in [-0.2, -0.15) is 0 Å². The molecule has 0 saturated carbocycles. The van der Waals surface area contributed by atoms with Gasteiger partial charge in [0.05, 0.1) is 18.7 Å². The Hall–Kier alpha value is -1.72. The molecule has 1 aromatic heterocycles. The number of fused-ring (bicyclic) bond motifs is 1. The maximum absolute atomic E-state index is 5.11. The second-order valence-electron chi connectivity index (χ2n) is 3.20. The molecule has 16 heavy (non-hydrogen) atoms. The van der Waals surface area contributed by atoms with Gasteiger partial charge in [-0.05, 0) is 6.07 Å². The van der Waals surface area contributed by atoms with E-state index in [9.17, 15) is 0 Å². The molecular weight excluding hydrogens is 206 g/mol. The van der Waals surface area contributed by atoms with E-state index in [2.05, 4.69) is 15.4 Å². The van der Waals surface area contributed by atoms with Gasteiger partial charge in [-0.1, -0.05) is 18.2 Å². The van der Waals surface area contributed by atoms with E-state index in [1.165, 1.54) is 0 Å². The lowest BCUT2D eigenvalue weighted by Crippen LogP contribution is -2.09. The molecule has 1 aromatic carbocycles. The average Bonchev–Trinajstić information content (AvgIpc) is 2.34. The third kappa shape index (κ3) is 2.65. The smallest absolute Gasteiger partial charge is 0.247 e. The summed E-state index contributed by atoms with van der Waals surface area (Å²) >= 11 is 0. The third-order valence-corrected chi connectivity index (χ3v) is 2.04. The summed E-state index contributed by atoms with van der Waals surface area (Å²) in [6.07, 6.45) is 1.75. The maximum atomic E-state index is 5.11. The summed E-state index contributed by atoms with van der Waals surface area (Å²) < 4.78 is 4.84. The first-order valence-electron chi connectivity index (χ1n) is 4.98. The zero-order chi connectivity index (χ0) is 11.2. The molecule has 5 heteroatoms. The monoisotopic (exact) mass is 219 g/mol. The van der Waals surface area contributed by atoms with E-state index >= 15 is 0 Å². The van der Waals surface area contributed by atoms with Crippen LogP contribution in [-0.4, -0.2) is 30.3 Å². The first kappa shape index (κ1) is 10.8. The maximum Gasteiger partial charge on any atom is 0.247 e. The fraction of sp³-hybridized carbons (Fsp3) is 0.273. The Kier molecular flexibility index (Phi) is 3.63. The van der Waals surface area contributed by atoms with E-state index in [-0.39, 0.29) is 0 Å². The van der Waals surface area contributed by atoms with Crippen molar-refractivity contribution in [2.75, 3.05) is 25.8 Å². The van der Waals surface area contributed by atoms with Crippen molar-refractivity contribution >= 4 is 16.9 Å². The minimum Gasteiger partial charge on any atom is -0.382 e. The quantitative estimate of drug-likeness (QED) is 0.611. The number of para-hydroxylation sites is 1. The highest BCUT2D eigenvalue weighted by molar-refractivity contribution is 5.78. The zero-order valence-corrected chi connectivity index (χ0v) is 9.01. The van der Waals surface area contributed by atoms with Crippen molar-refractivity contribution in [1.82, 2.24) is 9.97 Å². The van der Waals surface area contributed by atoms with Gasteiger partial charge < -0.3 is 4.74 Å². The second kappa shape index (κ2) is 5.39. The molecule has 1 heterocycles. The molecule has 0 unspecified atom stereocenters. The summed E-state index contributed by atoms with van der Waals surface area (Å²) in [6, 6.07) is 7.78. The lowest BCUT2D eigenvalue weighted by Gasteiger charge is -2.05. The highest BCUT2D eigenvalue weighted by Gasteiger charge is 1.98. The van der Waals surface area contributed by atoms with Crippen LogP contribution in [0, 0.1) is 0 Å². The van der Waals surface area contributed by atoms with Crippen molar-refractivity contribution in [3.8, 4) is 0 Å². The molecule has 0 atom stereocenters. The van der Waals surface area contributed by atoms with Crippen molar-refractivity contribution in [2.45, 2.75) is 0 Å². The van der Waals surface area contributed by atoms with Gasteiger partial charge in [0.2, 0.25) is 5.95 Å². The van der Waals surface area contributed by atoms with Crippen LogP contribution in [0.5, 0.6) is 0 Å². The molecule has 0 spiro atoms. The lowest BCUT2D eigenvalue weighted by molar-refractivity contribution is 0.0997. The first-order chi connectivity index (χ1) is 7.90. The average molecular weight is 219 g/mol. The van der Waals surface area contributed by atoms with Gasteiger partial charge in [0.25, 0.3) is 0 Å². The Bertz CT molecular complexity index is 462. The number of aromatic nitrogens is 2. The third-order valence-electron chi connectivity index (χ3n) is 2.04. The summed E-state index contributed by atoms with van der Waals surface area (Å²) in [4.78, 5) is 13.5. The summed E-state index contributed by atoms with van der Waals surface area (Å²) in [5.41, 5.74) is 3.55. The number of nitrogens with one attached hydrogen (secondary N) is 1. The van der Waals surface area contributed by atoms with Crippen LogP contribution in [0.2, 0.25) is 0 Å². The highest BCUT2D eigenvalue weighted by Crippen LogP contribution is 2.11. The van der Waals surface area contributed by atoms with Crippen LogP contribution in [0.3, 0.4) is 0 Å². The Balaban J connectivity index is 2.02. The number of rotatable bonds is 5. The van der Waals surface area contributed by atoms with Gasteiger partial charge >= 0.3 is 0 Å². The Morgan fingerprint density at radius 2 is 2.12 bits per heavy atom. The van der Waals surface area contributed by atoms with Crippen LogP contribution in [0.15, 0.2) is 30.5 Å². The molecule has 0 aliphatic rings. The number of methoxy groups -OCH3 is 1. The molecule has 1 N–H and O–H groups in total. The van der Waals surface area contributed by atoms with E-state index in [4.69, 9.17) is 9.57 Å².